The third-order valence-electron chi connectivity index (χ3n) is 3.07. The van der Waals surface area contributed by atoms with E-state index in [9.17, 15) is 4.79 Å². The van der Waals surface area contributed by atoms with Crippen LogP contribution >= 0.6 is 0 Å². The van der Waals surface area contributed by atoms with Crippen molar-refractivity contribution in [2.45, 2.75) is 40.2 Å². The van der Waals surface area contributed by atoms with Crippen molar-refractivity contribution in [2.24, 2.45) is 5.92 Å². The standard InChI is InChI=1S/C16H26N2O/c1-5-17-16(19)11-18-13(4)15-8-6-14(7-9-15)10-12(2)3/h6-9,12-13,18H,5,10-11H2,1-4H3,(H,17,19). The van der Waals surface area contributed by atoms with Crippen LogP contribution in [-0.4, -0.2) is 19.0 Å². The number of carbonyl (C=O) groups is 1. The number of carbonyl (C=O) groups excluding carboxylic acids is 1. The molecule has 0 bridgehead atoms. The van der Waals surface area contributed by atoms with Crippen LogP contribution in [0.2, 0.25) is 0 Å². The third kappa shape index (κ3) is 5.88. The van der Waals surface area contributed by atoms with Crippen LogP contribution in [0, 0.1) is 5.92 Å². The van der Waals surface area contributed by atoms with E-state index in [0.29, 0.717) is 19.0 Å². The van der Waals surface area contributed by atoms with Gasteiger partial charge in [-0.25, -0.2) is 0 Å². The molecule has 19 heavy (non-hydrogen) atoms. The van der Waals surface area contributed by atoms with Crippen LogP contribution in [-0.2, 0) is 11.2 Å². The van der Waals surface area contributed by atoms with Crippen LogP contribution in [0.1, 0.15) is 44.9 Å². The van der Waals surface area contributed by atoms with Crippen molar-refractivity contribution in [2.75, 3.05) is 13.1 Å². The Balaban J connectivity index is 2.48. The lowest BCUT2D eigenvalue weighted by molar-refractivity contribution is -0.120. The second-order valence-corrected chi connectivity index (χ2v) is 5.40. The van der Waals surface area contributed by atoms with E-state index < -0.39 is 0 Å². The first-order valence-corrected chi connectivity index (χ1v) is 7.11. The van der Waals surface area contributed by atoms with Gasteiger partial charge >= 0.3 is 0 Å². The zero-order chi connectivity index (χ0) is 14.3. The average molecular weight is 262 g/mol. The maximum Gasteiger partial charge on any atom is 0.233 e. The summed E-state index contributed by atoms with van der Waals surface area (Å²) >= 11 is 0. The Bertz CT molecular complexity index is 384. The van der Waals surface area contributed by atoms with Gasteiger partial charge < -0.3 is 10.6 Å². The van der Waals surface area contributed by atoms with Gasteiger partial charge in [-0.1, -0.05) is 38.1 Å². The Labute approximate surface area is 116 Å². The molecule has 2 N–H and O–H groups in total. The molecule has 1 atom stereocenters. The maximum absolute atomic E-state index is 11.4. The van der Waals surface area contributed by atoms with Crippen molar-refractivity contribution in [3.8, 4) is 0 Å². The number of hydrogen-bond acceptors (Lipinski definition) is 2. The Kier molecular flexibility index (Phi) is 6.57. The molecule has 1 aromatic carbocycles. The predicted octanol–water partition coefficient (Wildman–Crippen LogP) is 2.67. The molecule has 1 rings (SSSR count). The number of amides is 1. The highest BCUT2D eigenvalue weighted by molar-refractivity contribution is 5.77. The summed E-state index contributed by atoms with van der Waals surface area (Å²) in [6, 6.07) is 8.84. The summed E-state index contributed by atoms with van der Waals surface area (Å²) in [6.07, 6.45) is 1.11. The minimum Gasteiger partial charge on any atom is -0.355 e. The molecule has 0 aliphatic rings. The molecule has 0 fully saturated rings. The van der Waals surface area contributed by atoms with Crippen LogP contribution < -0.4 is 10.6 Å². The molecule has 3 nitrogen and oxygen atoms in total. The molecule has 1 amide bonds. The Morgan fingerprint density at radius 3 is 2.32 bits per heavy atom. The van der Waals surface area contributed by atoms with Crippen molar-refractivity contribution in [1.82, 2.24) is 10.6 Å². The number of likely N-dealkylation sites (N-methyl/N-ethyl adjacent to an activating group) is 1. The second-order valence-electron chi connectivity index (χ2n) is 5.40. The largest absolute Gasteiger partial charge is 0.355 e. The summed E-state index contributed by atoms with van der Waals surface area (Å²) in [7, 11) is 0. The molecule has 106 valence electrons. The van der Waals surface area contributed by atoms with Crippen molar-refractivity contribution in [3.05, 3.63) is 35.4 Å². The topological polar surface area (TPSA) is 41.1 Å². The normalized spacial score (nSPS) is 12.5. The van der Waals surface area contributed by atoms with E-state index in [1.54, 1.807) is 0 Å². The minimum atomic E-state index is 0.0470. The molecule has 3 heteroatoms. The number of nitrogens with one attached hydrogen (secondary N) is 2. The Morgan fingerprint density at radius 2 is 1.79 bits per heavy atom. The molecule has 0 radical (unpaired) electrons. The van der Waals surface area contributed by atoms with Crippen LogP contribution in [0.15, 0.2) is 24.3 Å². The SMILES string of the molecule is CCNC(=O)CNC(C)c1ccc(CC(C)C)cc1. The van der Waals surface area contributed by atoms with E-state index >= 15 is 0 Å². The summed E-state index contributed by atoms with van der Waals surface area (Å²) in [5.41, 5.74) is 2.59. The zero-order valence-electron chi connectivity index (χ0n) is 12.5. The average Bonchev–Trinajstić information content (AvgIpc) is 2.36. The maximum atomic E-state index is 11.4. The number of rotatable bonds is 7. The van der Waals surface area contributed by atoms with E-state index in [4.69, 9.17) is 0 Å². The molecule has 0 spiro atoms. The summed E-state index contributed by atoms with van der Waals surface area (Å²) in [4.78, 5) is 11.4. The van der Waals surface area contributed by atoms with Gasteiger partial charge in [0.05, 0.1) is 6.54 Å². The van der Waals surface area contributed by atoms with Gasteiger partial charge in [-0.3, -0.25) is 4.79 Å². The van der Waals surface area contributed by atoms with Gasteiger partial charge in [0.2, 0.25) is 5.91 Å². The predicted molar refractivity (Wildman–Crippen MR) is 80.1 cm³/mol. The molecule has 0 aromatic heterocycles. The lowest BCUT2D eigenvalue weighted by atomic mass is 10.00. The van der Waals surface area contributed by atoms with Gasteiger partial charge in [0, 0.05) is 12.6 Å². The molecule has 0 saturated carbocycles. The van der Waals surface area contributed by atoms with Gasteiger partial charge in [-0.15, -0.1) is 0 Å². The summed E-state index contributed by atoms with van der Waals surface area (Å²) in [5, 5.41) is 6.01. The quantitative estimate of drug-likeness (QED) is 0.793. The fourth-order valence-electron chi connectivity index (χ4n) is 2.04. The van der Waals surface area contributed by atoms with E-state index in [-0.39, 0.29) is 11.9 Å². The third-order valence-corrected chi connectivity index (χ3v) is 3.07. The first kappa shape index (κ1) is 15.7. The van der Waals surface area contributed by atoms with Crippen molar-refractivity contribution >= 4 is 5.91 Å². The molecule has 0 aliphatic heterocycles. The highest BCUT2D eigenvalue weighted by Gasteiger charge is 2.07. The highest BCUT2D eigenvalue weighted by Crippen LogP contribution is 2.15. The monoisotopic (exact) mass is 262 g/mol. The van der Waals surface area contributed by atoms with Gasteiger partial charge in [-0.05, 0) is 37.3 Å². The van der Waals surface area contributed by atoms with Gasteiger partial charge in [0.15, 0.2) is 0 Å². The van der Waals surface area contributed by atoms with Crippen LogP contribution in [0.4, 0.5) is 0 Å². The molecule has 0 aliphatic carbocycles. The van der Waals surface area contributed by atoms with Gasteiger partial charge in [-0.2, -0.15) is 0 Å². The van der Waals surface area contributed by atoms with Gasteiger partial charge in [0.1, 0.15) is 0 Å². The molecule has 1 unspecified atom stereocenters. The minimum absolute atomic E-state index is 0.0470. The summed E-state index contributed by atoms with van der Waals surface area (Å²) < 4.78 is 0. The highest BCUT2D eigenvalue weighted by atomic mass is 16.1. The number of hydrogen-bond donors (Lipinski definition) is 2. The van der Waals surface area contributed by atoms with Gasteiger partial charge in [0.25, 0.3) is 0 Å². The molecule has 0 heterocycles. The van der Waals surface area contributed by atoms with Crippen molar-refractivity contribution < 1.29 is 4.79 Å². The zero-order valence-corrected chi connectivity index (χ0v) is 12.5. The van der Waals surface area contributed by atoms with Crippen molar-refractivity contribution in [1.29, 1.82) is 0 Å². The second kappa shape index (κ2) is 7.95. The smallest absolute Gasteiger partial charge is 0.233 e. The number of benzene rings is 1. The van der Waals surface area contributed by atoms with Crippen LogP contribution in [0.3, 0.4) is 0 Å². The molecule has 0 saturated heterocycles. The van der Waals surface area contributed by atoms with Crippen LogP contribution in [0.25, 0.3) is 0 Å². The van der Waals surface area contributed by atoms with Crippen molar-refractivity contribution in [3.63, 3.8) is 0 Å². The van der Waals surface area contributed by atoms with E-state index in [2.05, 4.69) is 55.7 Å². The Morgan fingerprint density at radius 1 is 1.16 bits per heavy atom. The van der Waals surface area contributed by atoms with E-state index in [0.717, 1.165) is 6.42 Å². The first-order valence-electron chi connectivity index (χ1n) is 7.11. The summed E-state index contributed by atoms with van der Waals surface area (Å²) in [5.74, 6) is 0.727. The molecule has 1 aromatic rings. The van der Waals surface area contributed by atoms with E-state index in [1.807, 2.05) is 6.92 Å². The lowest BCUT2D eigenvalue weighted by Crippen LogP contribution is -2.34. The Hall–Kier alpha value is -1.35. The van der Waals surface area contributed by atoms with Crippen LogP contribution in [0.5, 0.6) is 0 Å². The fourth-order valence-corrected chi connectivity index (χ4v) is 2.04. The lowest BCUT2D eigenvalue weighted by Gasteiger charge is -2.15. The first-order chi connectivity index (χ1) is 9.02. The molecular weight excluding hydrogens is 236 g/mol. The van der Waals surface area contributed by atoms with E-state index in [1.165, 1.54) is 11.1 Å². The molecular formula is C16H26N2O. The fraction of sp³-hybridized carbons (Fsp3) is 0.562. The summed E-state index contributed by atoms with van der Waals surface area (Å²) in [6.45, 7) is 9.50.